The second-order valence-corrected chi connectivity index (χ2v) is 10.2. The molecule has 2 fully saturated rings. The van der Waals surface area contributed by atoms with E-state index in [0.29, 0.717) is 13.1 Å². The van der Waals surface area contributed by atoms with Gasteiger partial charge in [0, 0.05) is 25.6 Å². The Hall–Kier alpha value is -1.60. The summed E-state index contributed by atoms with van der Waals surface area (Å²) in [6.07, 6.45) is -0.546. The Labute approximate surface area is 149 Å². The Morgan fingerprint density at radius 2 is 1.92 bits per heavy atom. The Kier molecular flexibility index (Phi) is 4.81. The van der Waals surface area contributed by atoms with Crippen molar-refractivity contribution < 1.29 is 17.9 Å². The van der Waals surface area contributed by atoms with E-state index < -0.39 is 26.8 Å². The van der Waals surface area contributed by atoms with Gasteiger partial charge in [-0.25, -0.2) is 13.2 Å². The zero-order chi connectivity index (χ0) is 18.2. The van der Waals surface area contributed by atoms with Crippen LogP contribution >= 0.6 is 0 Å². The number of ether oxygens (including phenoxy) is 1. The van der Waals surface area contributed by atoms with Gasteiger partial charge in [-0.15, -0.1) is 0 Å². The van der Waals surface area contributed by atoms with Crippen molar-refractivity contribution in [3.8, 4) is 0 Å². The normalized spacial score (nSPS) is 28.5. The summed E-state index contributed by atoms with van der Waals surface area (Å²) in [5.41, 5.74) is 0.562. The smallest absolute Gasteiger partial charge is 0.407 e. The molecule has 2 saturated heterocycles. The molecule has 0 radical (unpaired) electrons. The van der Waals surface area contributed by atoms with Crippen molar-refractivity contribution in [2.24, 2.45) is 5.92 Å². The molecule has 0 aliphatic carbocycles. The van der Waals surface area contributed by atoms with Gasteiger partial charge in [0.2, 0.25) is 0 Å². The molecule has 7 heteroatoms. The summed E-state index contributed by atoms with van der Waals surface area (Å²) in [6, 6.07) is 9.63. The van der Waals surface area contributed by atoms with Gasteiger partial charge in [-0.2, -0.15) is 0 Å². The number of nitrogens with one attached hydrogen (secondary N) is 1. The molecule has 2 aliphatic rings. The zero-order valence-corrected chi connectivity index (χ0v) is 15.8. The van der Waals surface area contributed by atoms with E-state index >= 15 is 0 Å². The average Bonchev–Trinajstić information content (AvgIpc) is 2.98. The summed E-state index contributed by atoms with van der Waals surface area (Å²) in [5.74, 6) is -0.0814. The Balaban J connectivity index is 1.67. The minimum atomic E-state index is -3.20. The van der Waals surface area contributed by atoms with Gasteiger partial charge < -0.3 is 10.1 Å². The van der Waals surface area contributed by atoms with Crippen LogP contribution in [0.2, 0.25) is 0 Å². The number of hydrogen-bond donors (Lipinski definition) is 1. The van der Waals surface area contributed by atoms with Gasteiger partial charge in [-0.3, -0.25) is 4.90 Å². The van der Waals surface area contributed by atoms with Gasteiger partial charge in [-0.1, -0.05) is 30.3 Å². The predicted molar refractivity (Wildman–Crippen MR) is 95.9 cm³/mol. The first-order valence-corrected chi connectivity index (χ1v) is 10.3. The molecule has 1 aromatic rings. The molecular formula is C18H26N2O4S. The van der Waals surface area contributed by atoms with Gasteiger partial charge in [0.1, 0.15) is 5.60 Å². The van der Waals surface area contributed by atoms with E-state index in [1.807, 2.05) is 30.3 Å². The van der Waals surface area contributed by atoms with E-state index in [4.69, 9.17) is 4.74 Å². The highest BCUT2D eigenvalue weighted by atomic mass is 32.2. The van der Waals surface area contributed by atoms with Crippen molar-refractivity contribution in [2.45, 2.75) is 44.2 Å². The summed E-state index contributed by atoms with van der Waals surface area (Å²) in [5, 5.41) is 2.37. The first kappa shape index (κ1) is 18.2. The van der Waals surface area contributed by atoms with Crippen LogP contribution in [0.1, 0.15) is 26.3 Å². The number of alkyl carbamates (subject to hydrolysis) is 1. The van der Waals surface area contributed by atoms with Crippen LogP contribution in [0.3, 0.4) is 0 Å². The van der Waals surface area contributed by atoms with Crippen LogP contribution < -0.4 is 5.32 Å². The molecule has 1 N–H and O–H groups in total. The molecule has 0 aromatic heterocycles. The number of likely N-dealkylation sites (tertiary alicyclic amines) is 1. The van der Waals surface area contributed by atoms with Gasteiger partial charge >= 0.3 is 6.09 Å². The number of benzene rings is 1. The summed E-state index contributed by atoms with van der Waals surface area (Å²) in [7, 11) is -3.20. The molecular weight excluding hydrogens is 340 g/mol. The number of fused-ring (bicyclic) bond motifs is 1. The van der Waals surface area contributed by atoms with Gasteiger partial charge in [0.15, 0.2) is 9.84 Å². The maximum Gasteiger partial charge on any atom is 0.407 e. The lowest BCUT2D eigenvalue weighted by molar-refractivity contribution is 0.0497. The summed E-state index contributed by atoms with van der Waals surface area (Å²) in [4.78, 5) is 14.2. The van der Waals surface area contributed by atoms with Crippen LogP contribution in [0.25, 0.3) is 0 Å². The zero-order valence-electron chi connectivity index (χ0n) is 14.9. The third-order valence-electron chi connectivity index (χ3n) is 4.73. The topological polar surface area (TPSA) is 75.7 Å². The van der Waals surface area contributed by atoms with Crippen LogP contribution in [0.15, 0.2) is 30.3 Å². The summed E-state index contributed by atoms with van der Waals surface area (Å²) < 4.78 is 30.3. The number of carbonyl (C=O) groups is 1. The highest BCUT2D eigenvalue weighted by Crippen LogP contribution is 2.34. The number of amides is 1. The molecule has 0 saturated carbocycles. The molecule has 3 atom stereocenters. The Bertz CT molecular complexity index is 727. The maximum atomic E-state index is 12.5. The van der Waals surface area contributed by atoms with Crippen LogP contribution in [0, 0.1) is 5.92 Å². The van der Waals surface area contributed by atoms with E-state index in [2.05, 4.69) is 10.2 Å². The molecule has 0 unspecified atom stereocenters. The lowest BCUT2D eigenvalue weighted by atomic mass is 10.0. The lowest BCUT2D eigenvalue weighted by Crippen LogP contribution is -2.44. The Morgan fingerprint density at radius 1 is 1.24 bits per heavy atom. The van der Waals surface area contributed by atoms with Crippen molar-refractivity contribution in [2.75, 3.05) is 18.8 Å². The van der Waals surface area contributed by atoms with Gasteiger partial charge in [-0.05, 0) is 26.3 Å². The fourth-order valence-electron chi connectivity index (χ4n) is 3.72. The van der Waals surface area contributed by atoms with Crippen molar-refractivity contribution in [1.29, 1.82) is 0 Å². The van der Waals surface area contributed by atoms with E-state index in [1.54, 1.807) is 20.8 Å². The molecule has 3 rings (SSSR count). The standard InChI is InChI=1S/C18H26N2O4S/c1-18(2,3)24-17(21)19-15-12-25(22,23)16-11-20(10-14(15)16)9-13-7-5-4-6-8-13/h4-8,14-16H,9-12H2,1-3H3,(H,19,21)/t14-,15+,16-/m0/s1. The minimum absolute atomic E-state index is 0.000747. The van der Waals surface area contributed by atoms with Crippen LogP contribution in [0.5, 0.6) is 0 Å². The van der Waals surface area contributed by atoms with E-state index in [-0.39, 0.29) is 17.7 Å². The lowest BCUT2D eigenvalue weighted by Gasteiger charge is -2.24. The molecule has 6 nitrogen and oxygen atoms in total. The quantitative estimate of drug-likeness (QED) is 0.883. The van der Waals surface area contributed by atoms with Crippen LogP contribution in [0.4, 0.5) is 4.79 Å². The fraction of sp³-hybridized carbons (Fsp3) is 0.611. The first-order valence-electron chi connectivity index (χ1n) is 8.61. The minimum Gasteiger partial charge on any atom is -0.444 e. The number of carbonyl (C=O) groups excluding carboxylic acids is 1. The third-order valence-corrected chi connectivity index (χ3v) is 6.97. The molecule has 0 spiro atoms. The SMILES string of the molecule is CC(C)(C)OC(=O)N[C@@H]1CS(=O)(=O)[C@H]2CN(Cc3ccccc3)C[C@@H]12. The van der Waals surface area contributed by atoms with Gasteiger partial charge in [0.25, 0.3) is 0 Å². The second-order valence-electron chi connectivity index (χ2n) is 7.96. The summed E-state index contributed by atoms with van der Waals surface area (Å²) in [6.45, 7) is 7.28. The van der Waals surface area contributed by atoms with E-state index in [1.165, 1.54) is 0 Å². The van der Waals surface area contributed by atoms with E-state index in [9.17, 15) is 13.2 Å². The number of rotatable bonds is 3. The number of sulfone groups is 1. The number of nitrogens with zero attached hydrogens (tertiary/aromatic N) is 1. The van der Waals surface area contributed by atoms with Gasteiger partial charge in [0.05, 0.1) is 17.0 Å². The molecule has 2 heterocycles. The molecule has 138 valence electrons. The molecule has 1 aromatic carbocycles. The fourth-order valence-corrected chi connectivity index (χ4v) is 6.05. The highest BCUT2D eigenvalue weighted by Gasteiger charge is 2.52. The maximum absolute atomic E-state index is 12.5. The number of hydrogen-bond acceptors (Lipinski definition) is 5. The van der Waals surface area contributed by atoms with Crippen molar-refractivity contribution in [1.82, 2.24) is 10.2 Å². The van der Waals surface area contributed by atoms with E-state index in [0.717, 1.165) is 12.1 Å². The molecule has 2 aliphatic heterocycles. The molecule has 1 amide bonds. The van der Waals surface area contributed by atoms with Crippen molar-refractivity contribution in [3.05, 3.63) is 35.9 Å². The third kappa shape index (κ3) is 4.33. The largest absolute Gasteiger partial charge is 0.444 e. The molecule has 0 bridgehead atoms. The van der Waals surface area contributed by atoms with Crippen molar-refractivity contribution in [3.63, 3.8) is 0 Å². The van der Waals surface area contributed by atoms with Crippen LogP contribution in [-0.4, -0.2) is 55.1 Å². The average molecular weight is 366 g/mol. The second kappa shape index (κ2) is 6.61. The molecule has 25 heavy (non-hydrogen) atoms. The Morgan fingerprint density at radius 3 is 2.56 bits per heavy atom. The summed E-state index contributed by atoms with van der Waals surface area (Å²) >= 11 is 0. The first-order chi connectivity index (χ1) is 11.6. The van der Waals surface area contributed by atoms with Crippen LogP contribution in [-0.2, 0) is 21.1 Å². The predicted octanol–water partition coefficient (Wildman–Crippen LogP) is 1.81. The highest BCUT2D eigenvalue weighted by molar-refractivity contribution is 7.92. The monoisotopic (exact) mass is 366 g/mol. The van der Waals surface area contributed by atoms with Crippen molar-refractivity contribution >= 4 is 15.9 Å².